The Morgan fingerprint density at radius 2 is 2.00 bits per heavy atom. The molecule has 2 nitrogen and oxygen atoms in total. The van der Waals surface area contributed by atoms with Gasteiger partial charge in [0.25, 0.3) is 0 Å². The Balaban J connectivity index is 0. The van der Waals surface area contributed by atoms with Crippen LogP contribution in [0, 0.1) is 13.8 Å². The third-order valence-corrected chi connectivity index (χ3v) is 2.86. The van der Waals surface area contributed by atoms with E-state index >= 15 is 0 Å². The minimum Gasteiger partial charge on any atom is -0.412 e. The smallest absolute Gasteiger partial charge is 0.00462 e. The molecule has 0 aliphatic carbocycles. The molecule has 0 saturated heterocycles. The van der Waals surface area contributed by atoms with Gasteiger partial charge in [-0.05, 0) is 43.3 Å². The van der Waals surface area contributed by atoms with E-state index in [2.05, 4.69) is 19.2 Å². The van der Waals surface area contributed by atoms with Gasteiger partial charge in [-0.1, -0.05) is 0 Å². The number of nitrogens with two attached hydrogens (primary N) is 1. The predicted molar refractivity (Wildman–Crippen MR) is 57.4 cm³/mol. The molecule has 0 saturated carbocycles. The monoisotopic (exact) mass is 209 g/mol. The molecule has 0 radical (unpaired) electrons. The van der Waals surface area contributed by atoms with Crippen LogP contribution in [0.25, 0.3) is 0 Å². The van der Waals surface area contributed by atoms with E-state index in [4.69, 9.17) is 5.73 Å². The average Bonchev–Trinajstić information content (AvgIpc) is 2.20. The largest absolute Gasteiger partial charge is 0.412 e. The molecular weight excluding hydrogens is 194 g/mol. The maximum Gasteiger partial charge on any atom is 0.00462 e. The maximum absolute atomic E-state index is 5.44. The molecule has 0 aliphatic heterocycles. The van der Waals surface area contributed by atoms with Crippen molar-refractivity contribution < 1.29 is 5.48 Å². The zero-order chi connectivity index (χ0) is 7.56. The van der Waals surface area contributed by atoms with Crippen molar-refractivity contribution in [2.45, 2.75) is 20.3 Å². The van der Waals surface area contributed by atoms with Crippen molar-refractivity contribution in [2.75, 3.05) is 6.54 Å². The normalized spacial score (nSPS) is 8.58. The van der Waals surface area contributed by atoms with Crippen molar-refractivity contribution >= 4 is 23.7 Å². The minimum atomic E-state index is 0. The van der Waals surface area contributed by atoms with Crippen molar-refractivity contribution in [3.8, 4) is 0 Å². The molecule has 0 fully saturated rings. The van der Waals surface area contributed by atoms with Crippen molar-refractivity contribution in [2.24, 2.45) is 5.73 Å². The lowest BCUT2D eigenvalue weighted by atomic mass is 10.1. The van der Waals surface area contributed by atoms with Gasteiger partial charge in [-0.3, -0.25) is 0 Å². The van der Waals surface area contributed by atoms with Gasteiger partial charge in [-0.25, -0.2) is 0 Å². The highest BCUT2D eigenvalue weighted by atomic mass is 35.5. The van der Waals surface area contributed by atoms with Gasteiger partial charge >= 0.3 is 0 Å². The number of aryl methyl sites for hydroxylation is 1. The summed E-state index contributed by atoms with van der Waals surface area (Å²) in [5, 5.41) is 2.21. The Kier molecular flexibility index (Phi) is 7.73. The molecule has 0 amide bonds. The fourth-order valence-electron chi connectivity index (χ4n) is 0.964. The third kappa shape index (κ3) is 3.11. The Morgan fingerprint density at radius 3 is 2.33 bits per heavy atom. The van der Waals surface area contributed by atoms with E-state index < -0.39 is 0 Å². The molecule has 0 spiro atoms. The number of thiophene rings is 1. The van der Waals surface area contributed by atoms with Crippen LogP contribution in [0.3, 0.4) is 0 Å². The second-order valence-electron chi connectivity index (χ2n) is 2.48. The lowest BCUT2D eigenvalue weighted by molar-refractivity contribution is 0.824. The van der Waals surface area contributed by atoms with E-state index in [0.717, 1.165) is 13.0 Å². The van der Waals surface area contributed by atoms with Crippen LogP contribution in [-0.2, 0) is 6.42 Å². The van der Waals surface area contributed by atoms with E-state index in [9.17, 15) is 0 Å². The zero-order valence-electron chi connectivity index (χ0n) is 7.39. The van der Waals surface area contributed by atoms with Gasteiger partial charge in [-0.15, -0.1) is 23.7 Å². The lowest BCUT2D eigenvalue weighted by Gasteiger charge is -1.95. The molecule has 1 rings (SSSR count). The molecule has 1 aromatic rings. The van der Waals surface area contributed by atoms with E-state index in [-0.39, 0.29) is 17.9 Å². The SMILES string of the molecule is Cc1scc(CCN)c1C.Cl.O. The van der Waals surface area contributed by atoms with Gasteiger partial charge in [0, 0.05) is 4.88 Å². The number of rotatable bonds is 2. The Morgan fingerprint density at radius 1 is 1.42 bits per heavy atom. The van der Waals surface area contributed by atoms with Crippen LogP contribution in [0.4, 0.5) is 0 Å². The van der Waals surface area contributed by atoms with E-state index in [0.29, 0.717) is 0 Å². The first-order chi connectivity index (χ1) is 4.75. The Bertz CT molecular complexity index is 225. The zero-order valence-corrected chi connectivity index (χ0v) is 9.02. The quantitative estimate of drug-likeness (QED) is 0.788. The minimum absolute atomic E-state index is 0. The molecular formula is C8H16ClNOS. The summed E-state index contributed by atoms with van der Waals surface area (Å²) < 4.78 is 0. The first-order valence-corrected chi connectivity index (χ1v) is 4.37. The Labute approximate surface area is 83.5 Å². The summed E-state index contributed by atoms with van der Waals surface area (Å²) in [5.41, 5.74) is 8.29. The number of hydrogen-bond acceptors (Lipinski definition) is 2. The predicted octanol–water partition coefficient (Wildman–Crippen LogP) is 1.46. The van der Waals surface area contributed by atoms with Crippen LogP contribution in [-0.4, -0.2) is 12.0 Å². The second kappa shape index (κ2) is 6.43. The van der Waals surface area contributed by atoms with Crippen LogP contribution >= 0.6 is 23.7 Å². The summed E-state index contributed by atoms with van der Waals surface area (Å²) in [6, 6.07) is 0. The first kappa shape index (κ1) is 14.4. The Hall–Kier alpha value is -0.0900. The highest BCUT2D eigenvalue weighted by Gasteiger charge is 2.00. The van der Waals surface area contributed by atoms with Crippen molar-refractivity contribution in [3.05, 3.63) is 21.4 Å². The van der Waals surface area contributed by atoms with Crippen LogP contribution in [0.5, 0.6) is 0 Å². The average molecular weight is 210 g/mol. The van der Waals surface area contributed by atoms with Gasteiger partial charge in [0.15, 0.2) is 0 Å². The molecule has 1 aromatic heterocycles. The van der Waals surface area contributed by atoms with E-state index in [1.165, 1.54) is 16.0 Å². The summed E-state index contributed by atoms with van der Waals surface area (Å²) in [6.07, 6.45) is 1.02. The summed E-state index contributed by atoms with van der Waals surface area (Å²) in [7, 11) is 0. The molecule has 0 aliphatic rings. The summed E-state index contributed by atoms with van der Waals surface area (Å²) in [4.78, 5) is 1.42. The van der Waals surface area contributed by atoms with Gasteiger partial charge in [0.1, 0.15) is 0 Å². The number of halogens is 1. The summed E-state index contributed by atoms with van der Waals surface area (Å²) in [5.74, 6) is 0. The van der Waals surface area contributed by atoms with E-state index in [1.807, 2.05) is 11.3 Å². The molecule has 1 heterocycles. The van der Waals surface area contributed by atoms with Gasteiger partial charge in [-0.2, -0.15) is 0 Å². The third-order valence-electron chi connectivity index (χ3n) is 1.80. The fraction of sp³-hybridized carbons (Fsp3) is 0.500. The fourth-order valence-corrected chi connectivity index (χ4v) is 1.89. The van der Waals surface area contributed by atoms with E-state index in [1.54, 1.807) is 0 Å². The van der Waals surface area contributed by atoms with Crippen LogP contribution in [0.1, 0.15) is 16.0 Å². The summed E-state index contributed by atoms with van der Waals surface area (Å²) >= 11 is 1.82. The topological polar surface area (TPSA) is 57.5 Å². The van der Waals surface area contributed by atoms with Crippen molar-refractivity contribution in [1.29, 1.82) is 0 Å². The van der Waals surface area contributed by atoms with Crippen LogP contribution < -0.4 is 5.73 Å². The van der Waals surface area contributed by atoms with Gasteiger partial charge in [0.2, 0.25) is 0 Å². The highest BCUT2D eigenvalue weighted by molar-refractivity contribution is 7.10. The standard InChI is InChI=1S/C8H13NS.ClH.H2O/c1-6-7(2)10-5-8(6)3-4-9;;/h5H,3-4,9H2,1-2H3;1H;1H2. The van der Waals surface area contributed by atoms with Crippen molar-refractivity contribution in [3.63, 3.8) is 0 Å². The van der Waals surface area contributed by atoms with Crippen LogP contribution in [0.2, 0.25) is 0 Å². The molecule has 4 N–H and O–H groups in total. The van der Waals surface area contributed by atoms with Gasteiger partial charge in [0.05, 0.1) is 0 Å². The van der Waals surface area contributed by atoms with Crippen LogP contribution in [0.15, 0.2) is 5.38 Å². The highest BCUT2D eigenvalue weighted by Crippen LogP contribution is 2.20. The first-order valence-electron chi connectivity index (χ1n) is 3.49. The summed E-state index contributed by atoms with van der Waals surface area (Å²) in [6.45, 7) is 5.08. The molecule has 0 aromatic carbocycles. The molecule has 0 bridgehead atoms. The molecule has 0 unspecified atom stereocenters. The molecule has 72 valence electrons. The lowest BCUT2D eigenvalue weighted by Crippen LogP contribution is -2.02. The van der Waals surface area contributed by atoms with Crippen molar-refractivity contribution in [1.82, 2.24) is 0 Å². The maximum atomic E-state index is 5.44. The van der Waals surface area contributed by atoms with Gasteiger partial charge < -0.3 is 11.2 Å². The number of hydrogen-bond donors (Lipinski definition) is 1. The second-order valence-corrected chi connectivity index (χ2v) is 3.56. The molecule has 12 heavy (non-hydrogen) atoms. The molecule has 0 atom stereocenters. The molecule has 4 heteroatoms.